The lowest BCUT2D eigenvalue weighted by Crippen LogP contribution is -2.55. The van der Waals surface area contributed by atoms with Crippen molar-refractivity contribution in [3.05, 3.63) is 65.5 Å². The highest BCUT2D eigenvalue weighted by Gasteiger charge is 2.66. The molecule has 2 bridgehead atoms. The number of fused-ring (bicyclic) bond motifs is 2. The van der Waals surface area contributed by atoms with Crippen LogP contribution in [0.2, 0.25) is 0 Å². The number of nitrogens with zero attached hydrogens (tertiary/aromatic N) is 2. The Morgan fingerprint density at radius 1 is 1.08 bits per heavy atom. The lowest BCUT2D eigenvalue weighted by atomic mass is 9.58. The number of halogens is 1. The van der Waals surface area contributed by atoms with Crippen LogP contribution in [0.1, 0.15) is 76.2 Å². The molecule has 2 spiro atoms. The van der Waals surface area contributed by atoms with Crippen molar-refractivity contribution in [3.63, 3.8) is 0 Å². The van der Waals surface area contributed by atoms with Gasteiger partial charge in [-0.25, -0.2) is 4.39 Å². The SMILES string of the molecule is C[C@]12CC=C3C=C4CC[C@@H](N5CC[C@H](F)C5)CC45CC[C@]3(O5)[C@@H]1CCC2c1ccc2ccncc2c1. The maximum Gasteiger partial charge on any atom is 0.114 e. The van der Waals surface area contributed by atoms with Crippen LogP contribution < -0.4 is 0 Å². The molecule has 0 N–H and O–H groups in total. The van der Waals surface area contributed by atoms with Crippen molar-refractivity contribution in [2.75, 3.05) is 13.1 Å². The summed E-state index contributed by atoms with van der Waals surface area (Å²) in [4.78, 5) is 6.81. The number of hydrogen-bond donors (Lipinski definition) is 0. The van der Waals surface area contributed by atoms with E-state index in [0.717, 1.165) is 45.1 Å². The highest BCUT2D eigenvalue weighted by Crippen LogP contribution is 2.69. The van der Waals surface area contributed by atoms with E-state index in [-0.39, 0.29) is 16.6 Å². The van der Waals surface area contributed by atoms with E-state index in [0.29, 0.717) is 30.8 Å². The Kier molecular flexibility index (Phi) is 4.59. The molecule has 2 saturated heterocycles. The highest BCUT2D eigenvalue weighted by molar-refractivity contribution is 5.82. The molecule has 4 heterocycles. The third-order valence-corrected chi connectivity index (χ3v) is 11.4. The van der Waals surface area contributed by atoms with Gasteiger partial charge in [0, 0.05) is 36.9 Å². The molecular formula is C32H37FN2O. The van der Waals surface area contributed by atoms with Crippen molar-refractivity contribution in [2.24, 2.45) is 11.3 Å². The van der Waals surface area contributed by atoms with Crippen molar-refractivity contribution >= 4 is 10.8 Å². The van der Waals surface area contributed by atoms with Gasteiger partial charge in [-0.3, -0.25) is 9.88 Å². The predicted molar refractivity (Wildman–Crippen MR) is 141 cm³/mol. The summed E-state index contributed by atoms with van der Waals surface area (Å²) in [6, 6.07) is 9.63. The summed E-state index contributed by atoms with van der Waals surface area (Å²) in [5, 5.41) is 2.52. The van der Waals surface area contributed by atoms with Crippen molar-refractivity contribution in [1.29, 1.82) is 0 Å². The molecule has 4 heteroatoms. The minimum absolute atomic E-state index is 0.111. The molecule has 2 saturated carbocycles. The largest absolute Gasteiger partial charge is 0.359 e. The Morgan fingerprint density at radius 3 is 2.92 bits per heavy atom. The zero-order chi connectivity index (χ0) is 24.1. The zero-order valence-electron chi connectivity index (χ0n) is 21.4. The molecular weight excluding hydrogens is 447 g/mol. The fourth-order valence-electron chi connectivity index (χ4n) is 9.64. The van der Waals surface area contributed by atoms with Gasteiger partial charge in [0.05, 0.1) is 11.2 Å². The van der Waals surface area contributed by atoms with E-state index in [1.165, 1.54) is 40.3 Å². The van der Waals surface area contributed by atoms with E-state index < -0.39 is 6.17 Å². The van der Waals surface area contributed by atoms with Gasteiger partial charge >= 0.3 is 0 Å². The summed E-state index contributed by atoms with van der Waals surface area (Å²) >= 11 is 0. The van der Waals surface area contributed by atoms with E-state index in [1.807, 2.05) is 12.4 Å². The Labute approximate surface area is 213 Å². The molecule has 0 radical (unpaired) electrons. The van der Waals surface area contributed by atoms with Gasteiger partial charge in [0.2, 0.25) is 0 Å². The van der Waals surface area contributed by atoms with Crippen LogP contribution in [0.15, 0.2) is 60.0 Å². The van der Waals surface area contributed by atoms with Gasteiger partial charge in [0.25, 0.3) is 0 Å². The number of likely N-dealkylation sites (tertiary alicyclic amines) is 1. The molecule has 0 amide bonds. The van der Waals surface area contributed by atoms with Crippen LogP contribution in [0.25, 0.3) is 10.8 Å². The Bertz CT molecular complexity index is 1300. The van der Waals surface area contributed by atoms with Crippen molar-refractivity contribution in [2.45, 2.75) is 94.0 Å². The molecule has 36 heavy (non-hydrogen) atoms. The summed E-state index contributed by atoms with van der Waals surface area (Å²) < 4.78 is 21.5. The van der Waals surface area contributed by atoms with Crippen LogP contribution in [0.4, 0.5) is 4.39 Å². The first-order valence-electron chi connectivity index (χ1n) is 14.3. The normalized spacial score (nSPS) is 43.6. The second-order valence-corrected chi connectivity index (χ2v) is 13.0. The summed E-state index contributed by atoms with van der Waals surface area (Å²) in [7, 11) is 0. The summed E-state index contributed by atoms with van der Waals surface area (Å²) in [6.07, 6.45) is 18.3. The maximum atomic E-state index is 14.0. The quantitative estimate of drug-likeness (QED) is 0.464. The third-order valence-electron chi connectivity index (χ3n) is 11.4. The van der Waals surface area contributed by atoms with Crippen LogP contribution >= 0.6 is 0 Å². The molecule has 2 unspecified atom stereocenters. The number of hydrogen-bond acceptors (Lipinski definition) is 3. The van der Waals surface area contributed by atoms with Gasteiger partial charge in [-0.2, -0.15) is 0 Å². The van der Waals surface area contributed by atoms with E-state index in [2.05, 4.69) is 53.2 Å². The molecule has 188 valence electrons. The number of aromatic nitrogens is 1. The standard InChI is InChI=1S/C32H37FN2O/c1-30-11-8-25-17-24-4-5-27(35-15-10-26(33)20-35)18-31(24)12-13-32(25,36-31)29(30)7-6-28(30)22-3-2-21-9-14-34-19-23(21)16-22/h2-3,8-9,14,16-17,19,26-29H,4-7,10-13,15,18,20H2,1H3/t26-,27+,28?,29+,30+,31?,32+/m0/s1. The third kappa shape index (κ3) is 2.89. The Balaban J connectivity index is 1.14. The molecule has 6 aliphatic rings. The minimum atomic E-state index is -0.642. The Morgan fingerprint density at radius 2 is 2.03 bits per heavy atom. The highest BCUT2D eigenvalue weighted by atomic mass is 19.1. The topological polar surface area (TPSA) is 25.4 Å². The number of ether oxygens (including phenoxy) is 1. The first-order valence-corrected chi connectivity index (χ1v) is 14.3. The molecule has 4 fully saturated rings. The van der Waals surface area contributed by atoms with E-state index in [1.54, 1.807) is 0 Å². The second kappa shape index (κ2) is 7.51. The van der Waals surface area contributed by atoms with Crippen molar-refractivity contribution in [1.82, 2.24) is 9.88 Å². The van der Waals surface area contributed by atoms with Gasteiger partial charge in [0.15, 0.2) is 0 Å². The maximum absolute atomic E-state index is 14.0. The summed E-state index contributed by atoms with van der Waals surface area (Å²) in [6.45, 7) is 4.09. The fraction of sp³-hybridized carbons (Fsp3) is 0.594. The smallest absolute Gasteiger partial charge is 0.114 e. The lowest BCUT2D eigenvalue weighted by molar-refractivity contribution is -0.140. The average molecular weight is 485 g/mol. The van der Waals surface area contributed by atoms with E-state index in [9.17, 15) is 4.39 Å². The van der Waals surface area contributed by atoms with Crippen LogP contribution in [0.3, 0.4) is 0 Å². The Hall–Kier alpha value is -2.04. The van der Waals surface area contributed by atoms with Gasteiger partial charge in [0.1, 0.15) is 6.17 Å². The summed E-state index contributed by atoms with van der Waals surface area (Å²) in [5.41, 5.74) is 4.47. The van der Waals surface area contributed by atoms with Gasteiger partial charge < -0.3 is 4.74 Å². The molecule has 3 aliphatic carbocycles. The first kappa shape index (κ1) is 22.0. The van der Waals surface area contributed by atoms with Crippen LogP contribution in [0, 0.1) is 11.3 Å². The zero-order valence-corrected chi connectivity index (χ0v) is 21.4. The van der Waals surface area contributed by atoms with Gasteiger partial charge in [-0.05, 0) is 109 Å². The molecule has 7 atom stereocenters. The predicted octanol–water partition coefficient (Wildman–Crippen LogP) is 6.89. The number of allylic oxidation sites excluding steroid dienone is 1. The van der Waals surface area contributed by atoms with Crippen LogP contribution in [-0.4, -0.2) is 46.4 Å². The van der Waals surface area contributed by atoms with Crippen LogP contribution in [-0.2, 0) is 4.74 Å². The van der Waals surface area contributed by atoms with Crippen molar-refractivity contribution in [3.8, 4) is 0 Å². The monoisotopic (exact) mass is 484 g/mol. The second-order valence-electron chi connectivity index (χ2n) is 13.0. The van der Waals surface area contributed by atoms with E-state index >= 15 is 0 Å². The first-order chi connectivity index (χ1) is 17.5. The van der Waals surface area contributed by atoms with Gasteiger partial charge in [-0.1, -0.05) is 31.2 Å². The average Bonchev–Trinajstić information content (AvgIpc) is 3.57. The summed E-state index contributed by atoms with van der Waals surface area (Å²) in [5.74, 6) is 1.11. The molecule has 1 aromatic carbocycles. The van der Waals surface area contributed by atoms with Gasteiger partial charge in [-0.15, -0.1) is 0 Å². The number of pyridine rings is 1. The van der Waals surface area contributed by atoms with Crippen LogP contribution in [0.5, 0.6) is 0 Å². The molecule has 3 nitrogen and oxygen atoms in total. The molecule has 8 rings (SSSR count). The number of benzene rings is 1. The fourth-order valence-corrected chi connectivity index (χ4v) is 9.64. The molecule has 3 aliphatic heterocycles. The van der Waals surface area contributed by atoms with Crippen molar-refractivity contribution < 1.29 is 9.13 Å². The molecule has 2 aromatic rings. The minimum Gasteiger partial charge on any atom is -0.359 e. The molecule has 1 aromatic heterocycles. The number of alkyl halides is 1. The van der Waals surface area contributed by atoms with E-state index in [4.69, 9.17) is 4.74 Å². The number of rotatable bonds is 2. The lowest BCUT2D eigenvalue weighted by Gasteiger charge is -2.55.